The number of halogens is 1. The average molecular weight is 403 g/mol. The van der Waals surface area contributed by atoms with Gasteiger partial charge in [0.2, 0.25) is 0 Å². The van der Waals surface area contributed by atoms with Gasteiger partial charge in [-0.25, -0.2) is 5.43 Å². The second-order valence-electron chi connectivity index (χ2n) is 6.42. The molecule has 0 bridgehead atoms. The van der Waals surface area contributed by atoms with Crippen molar-refractivity contribution >= 4 is 28.1 Å². The quantitative estimate of drug-likeness (QED) is 0.612. The van der Waals surface area contributed by atoms with E-state index in [1.807, 2.05) is 50.2 Å². The number of rotatable bonds is 5. The number of fused-ring (bicyclic) bond motifs is 1. The van der Waals surface area contributed by atoms with E-state index in [0.717, 1.165) is 27.8 Å². The Kier molecular flexibility index (Phi) is 5.08. The number of amides is 1. The maximum Gasteiger partial charge on any atom is 0.277 e. The van der Waals surface area contributed by atoms with Crippen LogP contribution in [0.15, 0.2) is 52.0 Å². The summed E-state index contributed by atoms with van der Waals surface area (Å²) >= 11 is 3.39. The molecule has 0 fully saturated rings. The SMILES string of the molecule is CC1(C)Cc2cccc(OCC(=O)NN=Cc3cccc(Br)c3)c2O1. The summed E-state index contributed by atoms with van der Waals surface area (Å²) in [7, 11) is 0. The molecule has 25 heavy (non-hydrogen) atoms. The first-order valence-corrected chi connectivity index (χ1v) is 8.73. The van der Waals surface area contributed by atoms with E-state index >= 15 is 0 Å². The van der Waals surface area contributed by atoms with Crippen molar-refractivity contribution in [1.82, 2.24) is 5.43 Å². The van der Waals surface area contributed by atoms with Gasteiger partial charge in [-0.15, -0.1) is 0 Å². The number of hydrogen-bond acceptors (Lipinski definition) is 4. The molecule has 0 saturated heterocycles. The van der Waals surface area contributed by atoms with Gasteiger partial charge in [0, 0.05) is 16.5 Å². The van der Waals surface area contributed by atoms with E-state index in [0.29, 0.717) is 5.75 Å². The lowest BCUT2D eigenvalue weighted by Gasteiger charge is -2.18. The van der Waals surface area contributed by atoms with Gasteiger partial charge in [0.15, 0.2) is 18.1 Å². The molecule has 1 heterocycles. The number of para-hydroxylation sites is 1. The van der Waals surface area contributed by atoms with Crippen molar-refractivity contribution in [2.45, 2.75) is 25.9 Å². The molecule has 130 valence electrons. The molecule has 0 spiro atoms. The van der Waals surface area contributed by atoms with Crippen molar-refractivity contribution in [3.63, 3.8) is 0 Å². The van der Waals surface area contributed by atoms with E-state index in [-0.39, 0.29) is 18.1 Å². The van der Waals surface area contributed by atoms with Crippen LogP contribution in [0.1, 0.15) is 25.0 Å². The molecular weight excluding hydrogens is 384 g/mol. The molecule has 1 aliphatic rings. The number of carbonyl (C=O) groups excluding carboxylic acids is 1. The summed E-state index contributed by atoms with van der Waals surface area (Å²) in [6, 6.07) is 13.3. The summed E-state index contributed by atoms with van der Waals surface area (Å²) < 4.78 is 12.5. The Morgan fingerprint density at radius 3 is 2.96 bits per heavy atom. The van der Waals surface area contributed by atoms with Crippen LogP contribution in [0, 0.1) is 0 Å². The predicted octanol–water partition coefficient (Wildman–Crippen LogP) is 3.69. The van der Waals surface area contributed by atoms with Crippen LogP contribution >= 0.6 is 15.9 Å². The van der Waals surface area contributed by atoms with Gasteiger partial charge in [-0.05, 0) is 37.6 Å². The molecule has 0 aliphatic carbocycles. The number of nitrogens with one attached hydrogen (secondary N) is 1. The molecular formula is C19H19BrN2O3. The predicted molar refractivity (Wildman–Crippen MR) is 100 cm³/mol. The molecule has 1 aliphatic heterocycles. The summed E-state index contributed by atoms with van der Waals surface area (Å²) in [5.41, 5.74) is 4.18. The van der Waals surface area contributed by atoms with Crippen LogP contribution in [0.25, 0.3) is 0 Å². The highest BCUT2D eigenvalue weighted by molar-refractivity contribution is 9.10. The Bertz CT molecular complexity index is 818. The first-order chi connectivity index (χ1) is 11.9. The van der Waals surface area contributed by atoms with Crippen LogP contribution in [0.2, 0.25) is 0 Å². The van der Waals surface area contributed by atoms with Crippen molar-refractivity contribution in [3.05, 3.63) is 58.1 Å². The number of benzene rings is 2. The van der Waals surface area contributed by atoms with E-state index in [9.17, 15) is 4.79 Å². The number of hydrazone groups is 1. The van der Waals surface area contributed by atoms with Crippen LogP contribution in [0.5, 0.6) is 11.5 Å². The van der Waals surface area contributed by atoms with E-state index in [1.54, 1.807) is 12.3 Å². The highest BCUT2D eigenvalue weighted by atomic mass is 79.9. The van der Waals surface area contributed by atoms with Crippen molar-refractivity contribution < 1.29 is 14.3 Å². The van der Waals surface area contributed by atoms with Gasteiger partial charge >= 0.3 is 0 Å². The fraction of sp³-hybridized carbons (Fsp3) is 0.263. The minimum atomic E-state index is -0.332. The van der Waals surface area contributed by atoms with Gasteiger partial charge in [-0.3, -0.25) is 4.79 Å². The summed E-state index contributed by atoms with van der Waals surface area (Å²) in [6.07, 6.45) is 2.40. The summed E-state index contributed by atoms with van der Waals surface area (Å²) in [6.45, 7) is 3.93. The Labute approximate surface area is 155 Å². The number of nitrogens with zero attached hydrogens (tertiary/aromatic N) is 1. The number of carbonyl (C=O) groups is 1. The zero-order chi connectivity index (χ0) is 17.9. The van der Waals surface area contributed by atoms with Gasteiger partial charge in [-0.1, -0.05) is 40.2 Å². The topological polar surface area (TPSA) is 59.9 Å². The van der Waals surface area contributed by atoms with Gasteiger partial charge in [0.25, 0.3) is 5.91 Å². The van der Waals surface area contributed by atoms with E-state index in [2.05, 4.69) is 26.5 Å². The summed E-state index contributed by atoms with van der Waals surface area (Å²) in [4.78, 5) is 11.9. The van der Waals surface area contributed by atoms with Crippen molar-refractivity contribution in [3.8, 4) is 11.5 Å². The second kappa shape index (κ2) is 7.27. The fourth-order valence-corrected chi connectivity index (χ4v) is 3.06. The molecule has 6 heteroatoms. The molecule has 0 radical (unpaired) electrons. The first kappa shape index (κ1) is 17.5. The minimum absolute atomic E-state index is 0.129. The zero-order valence-electron chi connectivity index (χ0n) is 14.1. The minimum Gasteiger partial charge on any atom is -0.483 e. The highest BCUT2D eigenvalue weighted by Gasteiger charge is 2.32. The van der Waals surface area contributed by atoms with Crippen LogP contribution < -0.4 is 14.9 Å². The van der Waals surface area contributed by atoms with Crippen LogP contribution in [0.3, 0.4) is 0 Å². The Balaban J connectivity index is 1.55. The standard InChI is InChI=1S/C19H19BrN2O3/c1-19(2)10-14-6-4-8-16(18(14)25-19)24-12-17(23)22-21-11-13-5-3-7-15(20)9-13/h3-9,11H,10,12H2,1-2H3,(H,22,23). The molecule has 1 amide bonds. The molecule has 2 aromatic rings. The van der Waals surface area contributed by atoms with Crippen LogP contribution in [0.4, 0.5) is 0 Å². The van der Waals surface area contributed by atoms with E-state index in [4.69, 9.17) is 9.47 Å². The third-order valence-corrected chi connectivity index (χ3v) is 4.16. The van der Waals surface area contributed by atoms with Crippen molar-refractivity contribution in [2.24, 2.45) is 5.10 Å². The second-order valence-corrected chi connectivity index (χ2v) is 7.34. The monoisotopic (exact) mass is 402 g/mol. The third kappa shape index (κ3) is 4.60. The van der Waals surface area contributed by atoms with Gasteiger partial charge in [0.05, 0.1) is 6.21 Å². The smallest absolute Gasteiger partial charge is 0.277 e. The van der Waals surface area contributed by atoms with E-state index < -0.39 is 0 Å². The molecule has 5 nitrogen and oxygen atoms in total. The maximum atomic E-state index is 11.9. The Hall–Kier alpha value is -2.34. The number of ether oxygens (including phenoxy) is 2. The lowest BCUT2D eigenvalue weighted by Crippen LogP contribution is -2.26. The molecule has 2 aromatic carbocycles. The third-order valence-electron chi connectivity index (χ3n) is 3.67. The Morgan fingerprint density at radius 2 is 2.16 bits per heavy atom. The average Bonchev–Trinajstić information content (AvgIpc) is 2.87. The Morgan fingerprint density at radius 1 is 1.36 bits per heavy atom. The molecule has 0 atom stereocenters. The summed E-state index contributed by atoms with van der Waals surface area (Å²) in [5, 5.41) is 3.93. The summed E-state index contributed by atoms with van der Waals surface area (Å²) in [5.74, 6) is 0.966. The van der Waals surface area contributed by atoms with Crippen LogP contribution in [-0.2, 0) is 11.2 Å². The molecule has 3 rings (SSSR count). The molecule has 0 unspecified atom stereocenters. The number of hydrogen-bond donors (Lipinski definition) is 1. The van der Waals surface area contributed by atoms with E-state index in [1.165, 1.54) is 0 Å². The first-order valence-electron chi connectivity index (χ1n) is 7.94. The van der Waals surface area contributed by atoms with Gasteiger partial charge in [0.1, 0.15) is 5.60 Å². The van der Waals surface area contributed by atoms with Crippen molar-refractivity contribution in [2.75, 3.05) is 6.61 Å². The van der Waals surface area contributed by atoms with Crippen LogP contribution in [-0.4, -0.2) is 24.3 Å². The normalized spacial score (nSPS) is 14.8. The zero-order valence-corrected chi connectivity index (χ0v) is 15.7. The maximum absolute atomic E-state index is 11.9. The molecule has 0 saturated carbocycles. The molecule has 1 N–H and O–H groups in total. The van der Waals surface area contributed by atoms with Gasteiger partial charge < -0.3 is 9.47 Å². The lowest BCUT2D eigenvalue weighted by molar-refractivity contribution is -0.123. The molecule has 0 aromatic heterocycles. The lowest BCUT2D eigenvalue weighted by atomic mass is 10.0. The highest BCUT2D eigenvalue weighted by Crippen LogP contribution is 2.41. The van der Waals surface area contributed by atoms with Gasteiger partial charge in [-0.2, -0.15) is 5.10 Å². The largest absolute Gasteiger partial charge is 0.483 e. The fourth-order valence-electron chi connectivity index (χ4n) is 2.64. The van der Waals surface area contributed by atoms with Crippen molar-refractivity contribution in [1.29, 1.82) is 0 Å².